The van der Waals surface area contributed by atoms with Gasteiger partial charge in [0.05, 0.1) is 0 Å². The first-order valence-electron chi connectivity index (χ1n) is 6.70. The SMILES string of the molecule is CCCC1CCN(CCC(C)(N)C(=O)O)CC1. The summed E-state index contributed by atoms with van der Waals surface area (Å²) in [5, 5.41) is 8.94. The van der Waals surface area contributed by atoms with Gasteiger partial charge in [0.2, 0.25) is 0 Å². The van der Waals surface area contributed by atoms with Gasteiger partial charge in [0.25, 0.3) is 0 Å². The maximum Gasteiger partial charge on any atom is 0.323 e. The van der Waals surface area contributed by atoms with Gasteiger partial charge in [0, 0.05) is 6.54 Å². The average molecular weight is 242 g/mol. The average Bonchev–Trinajstić information content (AvgIpc) is 2.28. The van der Waals surface area contributed by atoms with Crippen LogP contribution in [0.1, 0.15) is 46.0 Å². The third-order valence-electron chi connectivity index (χ3n) is 3.84. The molecule has 1 saturated heterocycles. The molecular weight excluding hydrogens is 216 g/mol. The molecule has 0 bridgehead atoms. The molecule has 1 rings (SSSR count). The first-order valence-corrected chi connectivity index (χ1v) is 6.70. The fourth-order valence-electron chi connectivity index (χ4n) is 2.40. The molecule has 0 aromatic carbocycles. The maximum absolute atomic E-state index is 10.9. The Balaban J connectivity index is 2.25. The molecule has 1 aliphatic heterocycles. The first kappa shape index (κ1) is 14.5. The second kappa shape index (κ2) is 6.36. The lowest BCUT2D eigenvalue weighted by molar-refractivity contribution is -0.143. The fraction of sp³-hybridized carbons (Fsp3) is 0.923. The minimum absolute atomic E-state index is 0.529. The molecule has 1 heterocycles. The van der Waals surface area contributed by atoms with Gasteiger partial charge >= 0.3 is 5.97 Å². The summed E-state index contributed by atoms with van der Waals surface area (Å²) in [4.78, 5) is 13.2. The highest BCUT2D eigenvalue weighted by Gasteiger charge is 2.29. The molecule has 4 nitrogen and oxygen atoms in total. The van der Waals surface area contributed by atoms with Crippen LogP contribution in [-0.2, 0) is 4.79 Å². The standard InChI is InChI=1S/C13H26N2O2/c1-3-4-11-5-8-15(9-6-11)10-7-13(2,14)12(16)17/h11H,3-10,14H2,1-2H3,(H,16,17). The molecule has 4 heteroatoms. The molecule has 1 fully saturated rings. The molecule has 0 radical (unpaired) electrons. The molecule has 17 heavy (non-hydrogen) atoms. The van der Waals surface area contributed by atoms with Gasteiger partial charge in [-0.3, -0.25) is 4.79 Å². The van der Waals surface area contributed by atoms with Crippen molar-refractivity contribution in [1.82, 2.24) is 4.90 Å². The van der Waals surface area contributed by atoms with Crippen LogP contribution in [0.25, 0.3) is 0 Å². The van der Waals surface area contributed by atoms with E-state index in [-0.39, 0.29) is 0 Å². The van der Waals surface area contributed by atoms with Gasteiger partial charge in [-0.1, -0.05) is 19.8 Å². The van der Waals surface area contributed by atoms with E-state index in [1.807, 2.05) is 0 Å². The van der Waals surface area contributed by atoms with Crippen LogP contribution in [0.4, 0.5) is 0 Å². The van der Waals surface area contributed by atoms with Crippen LogP contribution in [0.15, 0.2) is 0 Å². The lowest BCUT2D eigenvalue weighted by atomic mass is 9.91. The quantitative estimate of drug-likeness (QED) is 0.744. The number of piperidine rings is 1. The van der Waals surface area contributed by atoms with E-state index in [4.69, 9.17) is 10.8 Å². The molecule has 100 valence electrons. The fourth-order valence-corrected chi connectivity index (χ4v) is 2.40. The molecule has 0 aromatic rings. The second-order valence-corrected chi connectivity index (χ2v) is 5.55. The van der Waals surface area contributed by atoms with Crippen LogP contribution in [0.5, 0.6) is 0 Å². The summed E-state index contributed by atoms with van der Waals surface area (Å²) in [7, 11) is 0. The predicted molar refractivity (Wildman–Crippen MR) is 68.9 cm³/mol. The van der Waals surface area contributed by atoms with Gasteiger partial charge in [0.15, 0.2) is 0 Å². The predicted octanol–water partition coefficient (Wildman–Crippen LogP) is 1.69. The molecule has 0 amide bonds. The molecular formula is C13H26N2O2. The van der Waals surface area contributed by atoms with E-state index in [0.29, 0.717) is 6.42 Å². The van der Waals surface area contributed by atoms with Crippen LogP contribution < -0.4 is 5.73 Å². The van der Waals surface area contributed by atoms with Crippen molar-refractivity contribution in [3.05, 3.63) is 0 Å². The summed E-state index contributed by atoms with van der Waals surface area (Å²) in [6, 6.07) is 0. The minimum atomic E-state index is -1.08. The van der Waals surface area contributed by atoms with Gasteiger partial charge in [-0.2, -0.15) is 0 Å². The Bertz CT molecular complexity index is 246. The summed E-state index contributed by atoms with van der Waals surface area (Å²) < 4.78 is 0. The number of likely N-dealkylation sites (tertiary alicyclic amines) is 1. The van der Waals surface area contributed by atoms with Gasteiger partial charge in [-0.15, -0.1) is 0 Å². The highest BCUT2D eigenvalue weighted by atomic mass is 16.4. The summed E-state index contributed by atoms with van der Waals surface area (Å²) in [5.74, 6) is -0.0293. The number of carbonyl (C=O) groups is 1. The van der Waals surface area contributed by atoms with Crippen molar-refractivity contribution in [1.29, 1.82) is 0 Å². The van der Waals surface area contributed by atoms with Gasteiger partial charge in [-0.05, 0) is 45.2 Å². The Morgan fingerprint density at radius 1 is 1.47 bits per heavy atom. The number of hydrogen-bond acceptors (Lipinski definition) is 3. The topological polar surface area (TPSA) is 66.6 Å². The minimum Gasteiger partial charge on any atom is -0.480 e. The van der Waals surface area contributed by atoms with Crippen LogP contribution >= 0.6 is 0 Å². The van der Waals surface area contributed by atoms with Crippen molar-refractivity contribution in [3.63, 3.8) is 0 Å². The number of hydrogen-bond donors (Lipinski definition) is 2. The third-order valence-corrected chi connectivity index (χ3v) is 3.84. The third kappa shape index (κ3) is 4.64. The van der Waals surface area contributed by atoms with Crippen molar-refractivity contribution in [3.8, 4) is 0 Å². The number of rotatable bonds is 6. The number of carboxylic acid groups (broad SMARTS) is 1. The molecule has 1 atom stereocenters. The van der Waals surface area contributed by atoms with Gasteiger partial charge in [-0.25, -0.2) is 0 Å². The van der Waals surface area contributed by atoms with Crippen molar-refractivity contribution >= 4 is 5.97 Å². The van der Waals surface area contributed by atoms with E-state index in [2.05, 4.69) is 11.8 Å². The largest absolute Gasteiger partial charge is 0.480 e. The van der Waals surface area contributed by atoms with E-state index in [1.165, 1.54) is 25.7 Å². The summed E-state index contributed by atoms with van der Waals surface area (Å²) in [5.41, 5.74) is 4.64. The van der Waals surface area contributed by atoms with Crippen molar-refractivity contribution in [2.45, 2.75) is 51.5 Å². The Morgan fingerprint density at radius 2 is 2.06 bits per heavy atom. The summed E-state index contributed by atoms with van der Waals surface area (Å²) in [6.07, 6.45) is 5.63. The van der Waals surface area contributed by atoms with Crippen LogP contribution in [0.2, 0.25) is 0 Å². The van der Waals surface area contributed by atoms with Crippen LogP contribution in [0.3, 0.4) is 0 Å². The lowest BCUT2D eigenvalue weighted by Gasteiger charge is -2.33. The zero-order chi connectivity index (χ0) is 12.9. The van der Waals surface area contributed by atoms with E-state index in [0.717, 1.165) is 25.6 Å². The smallest absolute Gasteiger partial charge is 0.323 e. The highest BCUT2D eigenvalue weighted by Crippen LogP contribution is 2.22. The second-order valence-electron chi connectivity index (χ2n) is 5.55. The molecule has 0 saturated carbocycles. The molecule has 1 unspecified atom stereocenters. The Labute approximate surface area is 104 Å². The Morgan fingerprint density at radius 3 is 2.53 bits per heavy atom. The van der Waals surface area contributed by atoms with Crippen LogP contribution in [-0.4, -0.2) is 41.1 Å². The summed E-state index contributed by atoms with van der Waals surface area (Å²) >= 11 is 0. The van der Waals surface area contributed by atoms with Crippen molar-refractivity contribution in [2.24, 2.45) is 11.7 Å². The van der Waals surface area contributed by atoms with E-state index >= 15 is 0 Å². The zero-order valence-corrected chi connectivity index (χ0v) is 11.1. The molecule has 0 aromatic heterocycles. The van der Waals surface area contributed by atoms with Crippen molar-refractivity contribution < 1.29 is 9.90 Å². The number of aliphatic carboxylic acids is 1. The Hall–Kier alpha value is -0.610. The van der Waals surface area contributed by atoms with E-state index in [9.17, 15) is 4.79 Å². The normalized spacial score (nSPS) is 22.3. The summed E-state index contributed by atoms with van der Waals surface area (Å²) in [6.45, 7) is 6.83. The first-order chi connectivity index (χ1) is 7.95. The molecule has 0 spiro atoms. The van der Waals surface area contributed by atoms with E-state index in [1.54, 1.807) is 6.92 Å². The highest BCUT2D eigenvalue weighted by molar-refractivity contribution is 5.77. The zero-order valence-electron chi connectivity index (χ0n) is 11.1. The number of carboxylic acids is 1. The molecule has 3 N–H and O–H groups in total. The molecule has 0 aliphatic carbocycles. The Kier molecular flexibility index (Phi) is 5.40. The van der Waals surface area contributed by atoms with Gasteiger partial charge in [0.1, 0.15) is 5.54 Å². The van der Waals surface area contributed by atoms with E-state index < -0.39 is 11.5 Å². The van der Waals surface area contributed by atoms with Crippen molar-refractivity contribution in [2.75, 3.05) is 19.6 Å². The van der Waals surface area contributed by atoms with Gasteiger partial charge < -0.3 is 15.7 Å². The number of nitrogens with zero attached hydrogens (tertiary/aromatic N) is 1. The molecule has 1 aliphatic rings. The maximum atomic E-state index is 10.9. The van der Waals surface area contributed by atoms with Crippen LogP contribution in [0, 0.1) is 5.92 Å². The number of nitrogens with two attached hydrogens (primary N) is 1. The monoisotopic (exact) mass is 242 g/mol. The lowest BCUT2D eigenvalue weighted by Crippen LogP contribution is -2.48.